The van der Waals surface area contributed by atoms with Crippen LogP contribution in [-0.2, 0) is 10.0 Å². The lowest BCUT2D eigenvalue weighted by Gasteiger charge is -2.07. The zero-order valence-electron chi connectivity index (χ0n) is 10.3. The van der Waals surface area contributed by atoms with Gasteiger partial charge in [0.1, 0.15) is 0 Å². The molecule has 100 valence electrons. The van der Waals surface area contributed by atoms with Gasteiger partial charge in [-0.25, -0.2) is 13.1 Å². The van der Waals surface area contributed by atoms with Crippen molar-refractivity contribution in [3.63, 3.8) is 0 Å². The molecule has 0 bridgehead atoms. The highest BCUT2D eigenvalue weighted by molar-refractivity contribution is 7.99. The molecule has 0 amide bonds. The Hall–Kier alpha value is -0.980. The van der Waals surface area contributed by atoms with Crippen molar-refractivity contribution >= 4 is 27.5 Å². The number of thioether (sulfide) groups is 1. The van der Waals surface area contributed by atoms with Gasteiger partial charge in [0.15, 0.2) is 0 Å². The molecule has 0 heterocycles. The first-order chi connectivity index (χ1) is 8.60. The molecule has 0 fully saturated rings. The van der Waals surface area contributed by atoms with Crippen LogP contribution < -0.4 is 10.0 Å². The van der Waals surface area contributed by atoms with Gasteiger partial charge in [-0.15, -0.1) is 6.58 Å². The van der Waals surface area contributed by atoms with Gasteiger partial charge >= 0.3 is 0 Å². The lowest BCUT2D eigenvalue weighted by atomic mass is 10.3. The molecule has 0 aliphatic heterocycles. The van der Waals surface area contributed by atoms with Gasteiger partial charge < -0.3 is 5.32 Å². The fourth-order valence-corrected chi connectivity index (χ4v) is 2.61. The number of hydrogen-bond acceptors (Lipinski definition) is 4. The van der Waals surface area contributed by atoms with Crippen molar-refractivity contribution in [1.82, 2.24) is 4.72 Å². The van der Waals surface area contributed by atoms with E-state index in [1.807, 2.05) is 6.08 Å². The summed E-state index contributed by atoms with van der Waals surface area (Å²) in [6.07, 6.45) is 1.88. The Bertz CT molecular complexity index is 469. The average molecular weight is 286 g/mol. The van der Waals surface area contributed by atoms with Crippen molar-refractivity contribution in [3.05, 3.63) is 36.9 Å². The van der Waals surface area contributed by atoms with Gasteiger partial charge in [0, 0.05) is 23.7 Å². The lowest BCUT2D eigenvalue weighted by Crippen LogP contribution is -2.18. The van der Waals surface area contributed by atoms with E-state index in [0.29, 0.717) is 0 Å². The van der Waals surface area contributed by atoms with Gasteiger partial charge in [-0.05, 0) is 31.3 Å². The molecule has 0 radical (unpaired) electrons. The standard InChI is InChI=1S/C12H18N2O2S2/c1-3-9-17-10-8-14-11-4-6-12(7-5-11)18(15,16)13-2/h3-7,13-14H,1,8-10H2,2H3. The molecule has 2 N–H and O–H groups in total. The topological polar surface area (TPSA) is 58.2 Å². The normalized spacial score (nSPS) is 11.2. The Balaban J connectivity index is 2.48. The highest BCUT2D eigenvalue weighted by atomic mass is 32.2. The molecular formula is C12H18N2O2S2. The van der Waals surface area contributed by atoms with E-state index < -0.39 is 10.0 Å². The molecule has 0 saturated heterocycles. The summed E-state index contributed by atoms with van der Waals surface area (Å²) >= 11 is 1.80. The SMILES string of the molecule is C=CCSCCNc1ccc(S(=O)(=O)NC)cc1. The summed E-state index contributed by atoms with van der Waals surface area (Å²) in [6, 6.07) is 6.71. The van der Waals surface area contributed by atoms with Gasteiger partial charge in [-0.2, -0.15) is 11.8 Å². The van der Waals surface area contributed by atoms with Crippen molar-refractivity contribution in [2.45, 2.75) is 4.90 Å². The summed E-state index contributed by atoms with van der Waals surface area (Å²) in [6.45, 7) is 4.50. The molecule has 4 nitrogen and oxygen atoms in total. The summed E-state index contributed by atoms with van der Waals surface area (Å²) < 4.78 is 25.3. The maximum atomic E-state index is 11.5. The van der Waals surface area contributed by atoms with E-state index in [1.54, 1.807) is 36.0 Å². The molecule has 1 rings (SSSR count). The average Bonchev–Trinajstić information content (AvgIpc) is 2.39. The Morgan fingerprint density at radius 1 is 1.33 bits per heavy atom. The highest BCUT2D eigenvalue weighted by Gasteiger charge is 2.09. The molecule has 1 aromatic rings. The van der Waals surface area contributed by atoms with Crippen LogP contribution in [0.25, 0.3) is 0 Å². The van der Waals surface area contributed by atoms with E-state index >= 15 is 0 Å². The minimum atomic E-state index is -3.34. The Labute approximate surface area is 113 Å². The van der Waals surface area contributed by atoms with Gasteiger partial charge in [-0.1, -0.05) is 6.08 Å². The lowest BCUT2D eigenvalue weighted by molar-refractivity contribution is 0.588. The summed E-state index contributed by atoms with van der Waals surface area (Å²) in [5.74, 6) is 1.93. The number of anilines is 1. The number of benzene rings is 1. The predicted octanol–water partition coefficient (Wildman–Crippen LogP) is 1.93. The van der Waals surface area contributed by atoms with Crippen LogP contribution in [0, 0.1) is 0 Å². The van der Waals surface area contributed by atoms with E-state index in [4.69, 9.17) is 0 Å². The molecule has 6 heteroatoms. The fourth-order valence-electron chi connectivity index (χ4n) is 1.30. The smallest absolute Gasteiger partial charge is 0.240 e. The fraction of sp³-hybridized carbons (Fsp3) is 0.333. The summed E-state index contributed by atoms with van der Waals surface area (Å²) in [5.41, 5.74) is 0.921. The Morgan fingerprint density at radius 3 is 2.56 bits per heavy atom. The van der Waals surface area contributed by atoms with Gasteiger partial charge in [-0.3, -0.25) is 0 Å². The monoisotopic (exact) mass is 286 g/mol. The van der Waals surface area contributed by atoms with E-state index in [-0.39, 0.29) is 4.90 Å². The van der Waals surface area contributed by atoms with Crippen LogP contribution in [0.3, 0.4) is 0 Å². The van der Waals surface area contributed by atoms with Crippen molar-refractivity contribution in [2.24, 2.45) is 0 Å². The molecule has 0 atom stereocenters. The minimum Gasteiger partial charge on any atom is -0.384 e. The van der Waals surface area contributed by atoms with Crippen LogP contribution in [0.2, 0.25) is 0 Å². The summed E-state index contributed by atoms with van der Waals surface area (Å²) in [4.78, 5) is 0.275. The third-order valence-corrected chi connectivity index (χ3v) is 4.64. The van der Waals surface area contributed by atoms with Crippen LogP contribution in [0.4, 0.5) is 5.69 Å². The zero-order chi connectivity index (χ0) is 13.4. The molecule has 1 aromatic carbocycles. The minimum absolute atomic E-state index is 0.275. The maximum absolute atomic E-state index is 11.5. The number of rotatable bonds is 8. The van der Waals surface area contributed by atoms with E-state index in [0.717, 1.165) is 23.7 Å². The second kappa shape index (κ2) is 7.45. The summed E-state index contributed by atoms with van der Waals surface area (Å²) in [7, 11) is -1.94. The van der Waals surface area contributed by atoms with E-state index in [1.165, 1.54) is 7.05 Å². The third-order valence-electron chi connectivity index (χ3n) is 2.24. The van der Waals surface area contributed by atoms with Gasteiger partial charge in [0.2, 0.25) is 10.0 Å². The third kappa shape index (κ3) is 4.72. The molecule has 0 aromatic heterocycles. The molecule has 0 aliphatic rings. The Kier molecular flexibility index (Phi) is 6.24. The first kappa shape index (κ1) is 15.1. The highest BCUT2D eigenvalue weighted by Crippen LogP contribution is 2.13. The second-order valence-electron chi connectivity index (χ2n) is 3.52. The number of hydrogen-bond donors (Lipinski definition) is 2. The summed E-state index contributed by atoms with van der Waals surface area (Å²) in [5, 5.41) is 3.23. The largest absolute Gasteiger partial charge is 0.384 e. The number of nitrogens with one attached hydrogen (secondary N) is 2. The molecule has 0 unspecified atom stereocenters. The molecule has 0 spiro atoms. The van der Waals surface area contributed by atoms with Crippen LogP contribution in [0.15, 0.2) is 41.8 Å². The Morgan fingerprint density at radius 2 is 2.00 bits per heavy atom. The zero-order valence-corrected chi connectivity index (χ0v) is 12.0. The van der Waals surface area contributed by atoms with Crippen molar-refractivity contribution in [2.75, 3.05) is 30.4 Å². The second-order valence-corrected chi connectivity index (χ2v) is 6.56. The number of sulfonamides is 1. The van der Waals surface area contributed by atoms with Crippen LogP contribution in [0.1, 0.15) is 0 Å². The molecular weight excluding hydrogens is 268 g/mol. The van der Waals surface area contributed by atoms with Crippen LogP contribution >= 0.6 is 11.8 Å². The quantitative estimate of drug-likeness (QED) is 0.566. The first-order valence-electron chi connectivity index (χ1n) is 5.56. The maximum Gasteiger partial charge on any atom is 0.240 e. The molecule has 18 heavy (non-hydrogen) atoms. The van der Waals surface area contributed by atoms with Crippen LogP contribution in [0.5, 0.6) is 0 Å². The molecule has 0 saturated carbocycles. The van der Waals surface area contributed by atoms with Gasteiger partial charge in [0.25, 0.3) is 0 Å². The van der Waals surface area contributed by atoms with Crippen molar-refractivity contribution in [1.29, 1.82) is 0 Å². The van der Waals surface area contributed by atoms with Crippen molar-refractivity contribution < 1.29 is 8.42 Å². The molecule has 0 aliphatic carbocycles. The van der Waals surface area contributed by atoms with E-state index in [9.17, 15) is 8.42 Å². The van der Waals surface area contributed by atoms with Crippen LogP contribution in [-0.4, -0.2) is 33.5 Å². The van der Waals surface area contributed by atoms with E-state index in [2.05, 4.69) is 16.6 Å². The first-order valence-corrected chi connectivity index (χ1v) is 8.20. The predicted molar refractivity (Wildman–Crippen MR) is 78.7 cm³/mol. The van der Waals surface area contributed by atoms with Crippen molar-refractivity contribution in [3.8, 4) is 0 Å². The van der Waals surface area contributed by atoms with Gasteiger partial charge in [0.05, 0.1) is 4.90 Å².